The molecule has 0 aromatic heterocycles. The van der Waals surface area contributed by atoms with Gasteiger partial charge in [-0.25, -0.2) is 0 Å². The van der Waals surface area contributed by atoms with Gasteiger partial charge in [-0.15, -0.1) is 0 Å². The molecule has 1 unspecified atom stereocenters. The van der Waals surface area contributed by atoms with Crippen LogP contribution in [0.2, 0.25) is 0 Å². The lowest BCUT2D eigenvalue weighted by atomic mass is 9.89. The highest BCUT2D eigenvalue weighted by molar-refractivity contribution is 9.10. The van der Waals surface area contributed by atoms with Crippen LogP contribution in [0.1, 0.15) is 19.4 Å². The Balaban J connectivity index is 2.31. The van der Waals surface area contributed by atoms with E-state index in [9.17, 15) is 0 Å². The van der Waals surface area contributed by atoms with Gasteiger partial charge in [-0.1, -0.05) is 41.9 Å². The van der Waals surface area contributed by atoms with E-state index in [0.717, 1.165) is 11.1 Å². The second kappa shape index (κ2) is 3.10. The van der Waals surface area contributed by atoms with E-state index in [-0.39, 0.29) is 5.60 Å². The molecule has 0 N–H and O–H groups in total. The average molecular weight is 241 g/mol. The molecule has 1 aliphatic rings. The number of hydrogen-bond donors (Lipinski definition) is 0. The molecule has 0 bridgehead atoms. The summed E-state index contributed by atoms with van der Waals surface area (Å²) < 4.78 is 6.69. The normalized spacial score (nSPS) is 26.5. The summed E-state index contributed by atoms with van der Waals surface area (Å²) >= 11 is 3.43. The standard InChI is InChI=1S/C11H13BrO/c1-8(2)11(7-13-11)9-3-5-10(12)6-4-9/h3-6,8H,7H2,1-2H3. The molecule has 13 heavy (non-hydrogen) atoms. The van der Waals surface area contributed by atoms with Crippen molar-refractivity contribution in [2.75, 3.05) is 6.61 Å². The predicted octanol–water partition coefficient (Wildman–Crippen LogP) is 3.33. The Kier molecular flexibility index (Phi) is 2.20. The minimum atomic E-state index is 0.0146. The maximum atomic E-state index is 5.57. The minimum absolute atomic E-state index is 0.0146. The first kappa shape index (κ1) is 9.22. The summed E-state index contributed by atoms with van der Waals surface area (Å²) in [5.41, 5.74) is 1.31. The SMILES string of the molecule is CC(C)C1(c2ccc(Br)cc2)CO1. The monoisotopic (exact) mass is 240 g/mol. The number of ether oxygens (including phenoxy) is 1. The second-order valence-corrected chi connectivity index (χ2v) is 4.76. The van der Waals surface area contributed by atoms with Gasteiger partial charge in [0.05, 0.1) is 6.61 Å². The lowest BCUT2D eigenvalue weighted by Gasteiger charge is -2.16. The summed E-state index contributed by atoms with van der Waals surface area (Å²) in [5.74, 6) is 0.550. The molecule has 0 amide bonds. The second-order valence-electron chi connectivity index (χ2n) is 3.84. The zero-order valence-electron chi connectivity index (χ0n) is 7.88. The molecule has 1 atom stereocenters. The number of hydrogen-bond acceptors (Lipinski definition) is 1. The molecule has 1 aromatic rings. The molecule has 2 heteroatoms. The van der Waals surface area contributed by atoms with Crippen LogP contribution in [0, 0.1) is 5.92 Å². The summed E-state index contributed by atoms with van der Waals surface area (Å²) in [4.78, 5) is 0. The Labute approximate surface area is 87.2 Å². The summed E-state index contributed by atoms with van der Waals surface area (Å²) in [5, 5.41) is 0. The van der Waals surface area contributed by atoms with Crippen LogP contribution in [0.4, 0.5) is 0 Å². The zero-order chi connectivity index (χ0) is 9.47. The Morgan fingerprint density at radius 1 is 1.31 bits per heavy atom. The highest BCUT2D eigenvalue weighted by Crippen LogP contribution is 2.45. The summed E-state index contributed by atoms with van der Waals surface area (Å²) in [7, 11) is 0. The van der Waals surface area contributed by atoms with Crippen LogP contribution in [0.5, 0.6) is 0 Å². The van der Waals surface area contributed by atoms with Gasteiger partial charge in [-0.3, -0.25) is 0 Å². The maximum Gasteiger partial charge on any atom is 0.119 e. The molecular weight excluding hydrogens is 228 g/mol. The van der Waals surface area contributed by atoms with Crippen LogP contribution in [0.15, 0.2) is 28.7 Å². The number of rotatable bonds is 2. The lowest BCUT2D eigenvalue weighted by Crippen LogP contribution is -2.16. The quantitative estimate of drug-likeness (QED) is 0.723. The first-order valence-electron chi connectivity index (χ1n) is 4.55. The van der Waals surface area contributed by atoms with Crippen molar-refractivity contribution in [3.8, 4) is 0 Å². The fourth-order valence-corrected chi connectivity index (χ4v) is 1.91. The van der Waals surface area contributed by atoms with E-state index in [0.29, 0.717) is 5.92 Å². The van der Waals surface area contributed by atoms with Gasteiger partial charge in [0.15, 0.2) is 0 Å². The number of epoxide rings is 1. The van der Waals surface area contributed by atoms with Gasteiger partial charge in [0, 0.05) is 4.47 Å². The van der Waals surface area contributed by atoms with Gasteiger partial charge in [0.2, 0.25) is 0 Å². The largest absolute Gasteiger partial charge is 0.364 e. The van der Waals surface area contributed by atoms with Gasteiger partial charge < -0.3 is 4.74 Å². The molecular formula is C11H13BrO. The van der Waals surface area contributed by atoms with Gasteiger partial charge in [0.25, 0.3) is 0 Å². The Bertz CT molecular complexity index is 298. The fraction of sp³-hybridized carbons (Fsp3) is 0.455. The van der Waals surface area contributed by atoms with Crippen molar-refractivity contribution in [1.82, 2.24) is 0 Å². The van der Waals surface area contributed by atoms with Gasteiger partial charge in [-0.05, 0) is 23.6 Å². The minimum Gasteiger partial charge on any atom is -0.364 e. The fourth-order valence-electron chi connectivity index (χ4n) is 1.64. The highest BCUT2D eigenvalue weighted by Gasteiger charge is 2.48. The molecule has 1 saturated heterocycles. The first-order valence-corrected chi connectivity index (χ1v) is 5.34. The molecule has 0 radical (unpaired) electrons. The van der Waals surface area contributed by atoms with E-state index in [4.69, 9.17) is 4.74 Å². The average Bonchev–Trinajstić information content (AvgIpc) is 2.86. The smallest absolute Gasteiger partial charge is 0.119 e. The number of halogens is 1. The third kappa shape index (κ3) is 1.53. The summed E-state index contributed by atoms with van der Waals surface area (Å²) in [6.07, 6.45) is 0. The topological polar surface area (TPSA) is 12.5 Å². The Morgan fingerprint density at radius 3 is 2.23 bits per heavy atom. The third-order valence-corrected chi connectivity index (χ3v) is 3.25. The van der Waals surface area contributed by atoms with Crippen molar-refractivity contribution in [2.45, 2.75) is 19.4 Å². The third-order valence-electron chi connectivity index (χ3n) is 2.72. The molecule has 1 nitrogen and oxygen atoms in total. The Morgan fingerprint density at radius 2 is 1.85 bits per heavy atom. The van der Waals surface area contributed by atoms with E-state index >= 15 is 0 Å². The molecule has 1 aliphatic heterocycles. The summed E-state index contributed by atoms with van der Waals surface area (Å²) in [6.45, 7) is 5.27. The van der Waals surface area contributed by atoms with Crippen molar-refractivity contribution in [3.05, 3.63) is 34.3 Å². The van der Waals surface area contributed by atoms with Crippen molar-refractivity contribution < 1.29 is 4.74 Å². The maximum absolute atomic E-state index is 5.57. The van der Waals surface area contributed by atoms with E-state index in [1.807, 2.05) is 0 Å². The number of benzene rings is 1. The van der Waals surface area contributed by atoms with Crippen LogP contribution >= 0.6 is 15.9 Å². The molecule has 2 rings (SSSR count). The van der Waals surface area contributed by atoms with E-state index in [1.165, 1.54) is 5.56 Å². The molecule has 0 saturated carbocycles. The first-order chi connectivity index (χ1) is 6.15. The van der Waals surface area contributed by atoms with E-state index in [2.05, 4.69) is 54.0 Å². The molecule has 0 aliphatic carbocycles. The lowest BCUT2D eigenvalue weighted by molar-refractivity contribution is 0.242. The Hall–Kier alpha value is -0.340. The van der Waals surface area contributed by atoms with Crippen molar-refractivity contribution in [2.24, 2.45) is 5.92 Å². The van der Waals surface area contributed by atoms with Crippen molar-refractivity contribution in [1.29, 1.82) is 0 Å². The van der Waals surface area contributed by atoms with Crippen LogP contribution in [0.3, 0.4) is 0 Å². The molecule has 1 aromatic carbocycles. The summed E-state index contributed by atoms with van der Waals surface area (Å²) in [6, 6.07) is 8.41. The van der Waals surface area contributed by atoms with Gasteiger partial charge in [-0.2, -0.15) is 0 Å². The van der Waals surface area contributed by atoms with Crippen LogP contribution < -0.4 is 0 Å². The zero-order valence-corrected chi connectivity index (χ0v) is 9.47. The highest BCUT2D eigenvalue weighted by atomic mass is 79.9. The van der Waals surface area contributed by atoms with Crippen molar-refractivity contribution >= 4 is 15.9 Å². The molecule has 1 fully saturated rings. The molecule has 70 valence electrons. The van der Waals surface area contributed by atoms with Crippen molar-refractivity contribution in [3.63, 3.8) is 0 Å². The molecule has 1 heterocycles. The molecule has 0 spiro atoms. The predicted molar refractivity (Wildman–Crippen MR) is 56.6 cm³/mol. The van der Waals surface area contributed by atoms with Crippen LogP contribution in [0.25, 0.3) is 0 Å². The van der Waals surface area contributed by atoms with Crippen LogP contribution in [-0.2, 0) is 10.3 Å². The van der Waals surface area contributed by atoms with Crippen LogP contribution in [-0.4, -0.2) is 6.61 Å². The van der Waals surface area contributed by atoms with E-state index < -0.39 is 0 Å². The van der Waals surface area contributed by atoms with Gasteiger partial charge in [0.1, 0.15) is 5.60 Å². The van der Waals surface area contributed by atoms with Gasteiger partial charge >= 0.3 is 0 Å². The van der Waals surface area contributed by atoms with E-state index in [1.54, 1.807) is 0 Å².